The average Bonchev–Trinajstić information content (AvgIpc) is 2.47. The van der Waals surface area contributed by atoms with Crippen LogP contribution in [0.5, 0.6) is 0 Å². The van der Waals surface area contributed by atoms with Gasteiger partial charge in [-0.1, -0.05) is 31.2 Å². The molecule has 2 aromatic carbocycles. The third kappa shape index (κ3) is 4.08. The molecule has 0 saturated carbocycles. The Balaban J connectivity index is 2.10. The molecule has 0 bridgehead atoms. The van der Waals surface area contributed by atoms with Crippen LogP contribution < -0.4 is 5.32 Å². The van der Waals surface area contributed by atoms with E-state index in [1.165, 1.54) is 11.8 Å². The summed E-state index contributed by atoms with van der Waals surface area (Å²) in [6.07, 6.45) is 2.25. The summed E-state index contributed by atoms with van der Waals surface area (Å²) >= 11 is 0. The predicted octanol–water partition coefficient (Wildman–Crippen LogP) is 3.83. The molecule has 3 nitrogen and oxygen atoms in total. The van der Waals surface area contributed by atoms with Crippen molar-refractivity contribution < 1.29 is 8.42 Å². The van der Waals surface area contributed by atoms with E-state index in [2.05, 4.69) is 43.4 Å². The zero-order valence-corrected chi connectivity index (χ0v) is 13.4. The Hall–Kier alpha value is -1.81. The summed E-state index contributed by atoms with van der Waals surface area (Å²) in [5.41, 5.74) is 3.43. The Morgan fingerprint density at radius 3 is 2.05 bits per heavy atom. The van der Waals surface area contributed by atoms with Crippen molar-refractivity contribution in [2.45, 2.75) is 31.2 Å². The van der Waals surface area contributed by atoms with Gasteiger partial charge in [-0.2, -0.15) is 0 Å². The number of hydrogen-bond acceptors (Lipinski definition) is 3. The van der Waals surface area contributed by atoms with Crippen molar-refractivity contribution in [3.8, 4) is 0 Å². The zero-order chi connectivity index (χ0) is 15.5. The summed E-state index contributed by atoms with van der Waals surface area (Å²) in [5, 5.41) is 3.42. The molecule has 0 aliphatic heterocycles. The van der Waals surface area contributed by atoms with E-state index in [1.54, 1.807) is 12.1 Å². The highest BCUT2D eigenvalue weighted by Crippen LogP contribution is 2.21. The monoisotopic (exact) mass is 303 g/mol. The Kier molecular flexibility index (Phi) is 4.68. The molecule has 0 saturated heterocycles. The van der Waals surface area contributed by atoms with E-state index in [0.717, 1.165) is 17.7 Å². The zero-order valence-electron chi connectivity index (χ0n) is 12.6. The maximum atomic E-state index is 11.4. The van der Waals surface area contributed by atoms with Gasteiger partial charge in [0.25, 0.3) is 0 Å². The van der Waals surface area contributed by atoms with Crippen molar-refractivity contribution >= 4 is 15.5 Å². The van der Waals surface area contributed by atoms with E-state index >= 15 is 0 Å². The van der Waals surface area contributed by atoms with Crippen LogP contribution in [-0.4, -0.2) is 14.7 Å². The van der Waals surface area contributed by atoms with Crippen molar-refractivity contribution in [1.82, 2.24) is 0 Å². The quantitative estimate of drug-likeness (QED) is 0.913. The number of hydrogen-bond donors (Lipinski definition) is 1. The van der Waals surface area contributed by atoms with Gasteiger partial charge in [0.1, 0.15) is 0 Å². The maximum Gasteiger partial charge on any atom is 0.175 e. The molecule has 4 heteroatoms. The van der Waals surface area contributed by atoms with E-state index in [-0.39, 0.29) is 6.04 Å². The summed E-state index contributed by atoms with van der Waals surface area (Å²) in [6.45, 7) is 4.19. The fourth-order valence-corrected chi connectivity index (χ4v) is 2.80. The van der Waals surface area contributed by atoms with Crippen LogP contribution in [0.2, 0.25) is 0 Å². The molecule has 2 aromatic rings. The first-order chi connectivity index (χ1) is 9.90. The molecular weight excluding hydrogens is 282 g/mol. The molecule has 0 spiro atoms. The Morgan fingerprint density at radius 2 is 1.57 bits per heavy atom. The second-order valence-corrected chi connectivity index (χ2v) is 7.27. The van der Waals surface area contributed by atoms with Crippen molar-refractivity contribution in [2.75, 3.05) is 11.6 Å². The van der Waals surface area contributed by atoms with Gasteiger partial charge < -0.3 is 5.32 Å². The van der Waals surface area contributed by atoms with Gasteiger partial charge in [0.15, 0.2) is 9.84 Å². The number of anilines is 1. The number of nitrogens with one attached hydrogen (secondary N) is 1. The average molecular weight is 303 g/mol. The summed E-state index contributed by atoms with van der Waals surface area (Å²) in [5.74, 6) is 0. The molecular formula is C17H21NO2S. The van der Waals surface area contributed by atoms with Crippen LogP contribution in [-0.2, 0) is 16.3 Å². The first-order valence-corrected chi connectivity index (χ1v) is 8.95. The Labute approximate surface area is 126 Å². The fourth-order valence-electron chi connectivity index (χ4n) is 2.17. The van der Waals surface area contributed by atoms with Crippen LogP contribution >= 0.6 is 0 Å². The van der Waals surface area contributed by atoms with Crippen molar-refractivity contribution in [1.29, 1.82) is 0 Å². The van der Waals surface area contributed by atoms with E-state index in [1.807, 2.05) is 12.1 Å². The van der Waals surface area contributed by atoms with Gasteiger partial charge in [-0.15, -0.1) is 0 Å². The minimum atomic E-state index is -3.13. The van der Waals surface area contributed by atoms with Gasteiger partial charge in [0.05, 0.1) is 4.90 Å². The normalized spacial score (nSPS) is 12.9. The minimum Gasteiger partial charge on any atom is -0.379 e. The maximum absolute atomic E-state index is 11.4. The number of benzene rings is 2. The van der Waals surface area contributed by atoms with E-state index in [4.69, 9.17) is 0 Å². The molecule has 0 aliphatic carbocycles. The topological polar surface area (TPSA) is 46.2 Å². The lowest BCUT2D eigenvalue weighted by Crippen LogP contribution is -2.07. The van der Waals surface area contributed by atoms with Crippen LogP contribution in [0.25, 0.3) is 0 Å². The van der Waals surface area contributed by atoms with Crippen LogP contribution in [0.4, 0.5) is 5.69 Å². The van der Waals surface area contributed by atoms with Crippen LogP contribution in [0, 0.1) is 0 Å². The van der Waals surface area contributed by atoms with Gasteiger partial charge >= 0.3 is 0 Å². The summed E-state index contributed by atoms with van der Waals surface area (Å²) < 4.78 is 22.9. The molecule has 0 amide bonds. The molecule has 0 fully saturated rings. The van der Waals surface area contributed by atoms with Gasteiger partial charge in [-0.3, -0.25) is 0 Å². The van der Waals surface area contributed by atoms with Crippen molar-refractivity contribution in [3.63, 3.8) is 0 Å². The van der Waals surface area contributed by atoms with Crippen molar-refractivity contribution in [2.24, 2.45) is 0 Å². The van der Waals surface area contributed by atoms with Crippen LogP contribution in [0.15, 0.2) is 53.4 Å². The molecule has 0 aromatic heterocycles. The standard InChI is InChI=1S/C17H21NO2S/c1-4-14-5-9-16(10-6-14)18-13(2)15-7-11-17(12-8-15)21(3,19)20/h5-13,18H,4H2,1-3H3. The second kappa shape index (κ2) is 6.31. The third-order valence-electron chi connectivity index (χ3n) is 3.55. The summed E-state index contributed by atoms with van der Waals surface area (Å²) in [6, 6.07) is 15.5. The van der Waals surface area contributed by atoms with Crippen LogP contribution in [0.1, 0.15) is 31.0 Å². The lowest BCUT2D eigenvalue weighted by Gasteiger charge is -2.16. The Bertz CT molecular complexity index is 689. The van der Waals surface area contributed by atoms with Gasteiger partial charge in [0.2, 0.25) is 0 Å². The molecule has 112 valence electrons. The smallest absolute Gasteiger partial charge is 0.175 e. The van der Waals surface area contributed by atoms with Gasteiger partial charge in [-0.25, -0.2) is 8.42 Å². The highest BCUT2D eigenvalue weighted by molar-refractivity contribution is 7.90. The molecule has 1 atom stereocenters. The number of rotatable bonds is 5. The third-order valence-corrected chi connectivity index (χ3v) is 4.68. The van der Waals surface area contributed by atoms with Crippen molar-refractivity contribution in [3.05, 3.63) is 59.7 Å². The van der Waals surface area contributed by atoms with Gasteiger partial charge in [0, 0.05) is 18.0 Å². The fraction of sp³-hybridized carbons (Fsp3) is 0.294. The molecule has 0 radical (unpaired) electrons. The first kappa shape index (κ1) is 15.6. The van der Waals surface area contributed by atoms with E-state index in [9.17, 15) is 8.42 Å². The highest BCUT2D eigenvalue weighted by Gasteiger charge is 2.09. The molecule has 21 heavy (non-hydrogen) atoms. The SMILES string of the molecule is CCc1ccc(NC(C)c2ccc(S(C)(=O)=O)cc2)cc1. The van der Waals surface area contributed by atoms with E-state index < -0.39 is 9.84 Å². The largest absolute Gasteiger partial charge is 0.379 e. The highest BCUT2D eigenvalue weighted by atomic mass is 32.2. The Morgan fingerprint density at radius 1 is 1.00 bits per heavy atom. The van der Waals surface area contributed by atoms with Gasteiger partial charge in [-0.05, 0) is 48.7 Å². The lowest BCUT2D eigenvalue weighted by molar-refractivity contribution is 0.602. The second-order valence-electron chi connectivity index (χ2n) is 5.26. The minimum absolute atomic E-state index is 0.117. The number of aryl methyl sites for hydroxylation is 1. The summed E-state index contributed by atoms with van der Waals surface area (Å²) in [4.78, 5) is 0.353. The first-order valence-electron chi connectivity index (χ1n) is 7.05. The molecule has 2 rings (SSSR count). The van der Waals surface area contributed by atoms with E-state index in [0.29, 0.717) is 4.90 Å². The lowest BCUT2D eigenvalue weighted by atomic mass is 10.1. The predicted molar refractivity (Wildman–Crippen MR) is 87.4 cm³/mol. The van der Waals surface area contributed by atoms with Crippen LogP contribution in [0.3, 0.4) is 0 Å². The molecule has 0 heterocycles. The molecule has 0 aliphatic rings. The molecule has 1 unspecified atom stereocenters. The number of sulfone groups is 1. The molecule has 1 N–H and O–H groups in total. The summed E-state index contributed by atoms with van der Waals surface area (Å²) in [7, 11) is -3.13.